The number of aromatic nitrogens is 3. The van der Waals surface area contributed by atoms with Crippen molar-refractivity contribution in [2.45, 2.75) is 38.6 Å². The Balaban J connectivity index is 1.88. The summed E-state index contributed by atoms with van der Waals surface area (Å²) in [5, 5.41) is 13.8. The molecule has 0 amide bonds. The van der Waals surface area contributed by atoms with E-state index in [1.807, 2.05) is 56.4 Å². The van der Waals surface area contributed by atoms with Gasteiger partial charge >= 0.3 is 0 Å². The third kappa shape index (κ3) is 5.50. The Morgan fingerprint density at radius 1 is 1.10 bits per heavy atom. The van der Waals surface area contributed by atoms with Crippen LogP contribution >= 0.6 is 0 Å². The second-order valence-corrected chi connectivity index (χ2v) is 8.75. The summed E-state index contributed by atoms with van der Waals surface area (Å²) in [5.41, 5.74) is 4.28. The minimum absolute atomic E-state index is 0.00309. The third-order valence-corrected chi connectivity index (χ3v) is 6.13. The fourth-order valence-corrected chi connectivity index (χ4v) is 4.50. The first-order chi connectivity index (χ1) is 13.9. The van der Waals surface area contributed by atoms with Gasteiger partial charge in [-0.25, -0.2) is 13.1 Å². The molecular formula is C21H26N4O3S. The van der Waals surface area contributed by atoms with E-state index in [0.717, 1.165) is 34.4 Å². The Bertz CT molecular complexity index is 1030. The zero-order valence-electron chi connectivity index (χ0n) is 16.6. The number of hydrogen-bond acceptors (Lipinski definition) is 5. The number of aliphatic hydroxyl groups excluding tert-OH is 1. The molecule has 3 aromatic rings. The maximum absolute atomic E-state index is 12.3. The maximum Gasteiger partial charge on any atom is 0.216 e. The summed E-state index contributed by atoms with van der Waals surface area (Å²) in [6.45, 7) is 4.19. The molecule has 7 nitrogen and oxygen atoms in total. The Hall–Kier alpha value is -2.55. The summed E-state index contributed by atoms with van der Waals surface area (Å²) in [6, 6.07) is 11.1. The van der Waals surface area contributed by atoms with Crippen LogP contribution in [0.3, 0.4) is 0 Å². The highest BCUT2D eigenvalue weighted by Crippen LogP contribution is 2.31. The van der Waals surface area contributed by atoms with E-state index < -0.39 is 10.0 Å². The first kappa shape index (κ1) is 21.2. The number of nitrogens with zero attached hydrogens (tertiary/aromatic N) is 3. The first-order valence-electron chi connectivity index (χ1n) is 9.60. The SMILES string of the molecule is CCC(C)NS(=O)(=O)Cc1ccc(-c2cn(CCO)nc2-c2ccncc2)cc1. The van der Waals surface area contributed by atoms with E-state index >= 15 is 0 Å². The monoisotopic (exact) mass is 414 g/mol. The van der Waals surface area contributed by atoms with Crippen LogP contribution in [0.15, 0.2) is 55.0 Å². The van der Waals surface area contributed by atoms with Gasteiger partial charge in [0.1, 0.15) is 5.69 Å². The van der Waals surface area contributed by atoms with Crippen LogP contribution in [0.2, 0.25) is 0 Å². The fourth-order valence-electron chi connectivity index (χ4n) is 3.00. The van der Waals surface area contributed by atoms with Crippen molar-refractivity contribution < 1.29 is 13.5 Å². The number of aliphatic hydroxyl groups is 1. The molecule has 3 rings (SSSR count). The van der Waals surface area contributed by atoms with Gasteiger partial charge in [0.15, 0.2) is 0 Å². The van der Waals surface area contributed by atoms with Crippen molar-refractivity contribution in [2.24, 2.45) is 0 Å². The fraction of sp³-hybridized carbons (Fsp3) is 0.333. The van der Waals surface area contributed by atoms with E-state index in [1.54, 1.807) is 17.1 Å². The smallest absolute Gasteiger partial charge is 0.216 e. The van der Waals surface area contributed by atoms with Gasteiger partial charge in [-0.05, 0) is 36.6 Å². The molecule has 0 saturated carbocycles. The number of pyridine rings is 1. The number of sulfonamides is 1. The molecular weight excluding hydrogens is 388 g/mol. The van der Waals surface area contributed by atoms with Gasteiger partial charge < -0.3 is 5.11 Å². The molecule has 2 N–H and O–H groups in total. The van der Waals surface area contributed by atoms with Gasteiger partial charge in [-0.2, -0.15) is 5.10 Å². The van der Waals surface area contributed by atoms with Gasteiger partial charge in [0, 0.05) is 35.8 Å². The summed E-state index contributed by atoms with van der Waals surface area (Å²) >= 11 is 0. The van der Waals surface area contributed by atoms with Crippen molar-refractivity contribution in [3.63, 3.8) is 0 Å². The summed E-state index contributed by atoms with van der Waals surface area (Å²) < 4.78 is 29.0. The van der Waals surface area contributed by atoms with E-state index in [9.17, 15) is 13.5 Å². The molecule has 0 spiro atoms. The molecule has 0 saturated heterocycles. The third-order valence-electron chi connectivity index (χ3n) is 4.66. The molecule has 154 valence electrons. The van der Waals surface area contributed by atoms with Crippen molar-refractivity contribution in [1.29, 1.82) is 0 Å². The van der Waals surface area contributed by atoms with E-state index in [4.69, 9.17) is 0 Å². The van der Waals surface area contributed by atoms with Crippen LogP contribution in [0, 0.1) is 0 Å². The van der Waals surface area contributed by atoms with Gasteiger partial charge in [0.25, 0.3) is 0 Å². The minimum atomic E-state index is -3.38. The van der Waals surface area contributed by atoms with Crippen LogP contribution in [0.5, 0.6) is 0 Å². The summed E-state index contributed by atoms with van der Waals surface area (Å²) in [5.74, 6) is -0.0569. The normalized spacial score (nSPS) is 12.8. The predicted molar refractivity (Wildman–Crippen MR) is 113 cm³/mol. The van der Waals surface area contributed by atoms with Crippen LogP contribution in [0.4, 0.5) is 0 Å². The summed E-state index contributed by atoms with van der Waals surface area (Å²) in [7, 11) is -3.38. The standard InChI is InChI=1S/C21H26N4O3S/c1-3-16(2)24-29(27,28)15-17-4-6-18(7-5-17)20-14-25(12-13-26)23-21(20)19-8-10-22-11-9-19/h4-11,14,16,24,26H,3,12-13,15H2,1-2H3. The van der Waals surface area contributed by atoms with Crippen LogP contribution in [0.25, 0.3) is 22.4 Å². The first-order valence-corrected chi connectivity index (χ1v) is 11.2. The lowest BCUT2D eigenvalue weighted by molar-refractivity contribution is 0.269. The van der Waals surface area contributed by atoms with Crippen LogP contribution in [0.1, 0.15) is 25.8 Å². The summed E-state index contributed by atoms with van der Waals surface area (Å²) in [4.78, 5) is 4.05. The van der Waals surface area contributed by atoms with E-state index in [0.29, 0.717) is 6.54 Å². The predicted octanol–water partition coefficient (Wildman–Crippen LogP) is 2.82. The van der Waals surface area contributed by atoms with Crippen LogP contribution in [-0.4, -0.2) is 40.9 Å². The summed E-state index contributed by atoms with van der Waals surface area (Å²) in [6.07, 6.45) is 6.06. The lowest BCUT2D eigenvalue weighted by Crippen LogP contribution is -2.32. The molecule has 1 unspecified atom stereocenters. The molecule has 0 aliphatic heterocycles. The Kier molecular flexibility index (Phi) is 6.79. The van der Waals surface area contributed by atoms with Gasteiger partial charge in [-0.3, -0.25) is 9.67 Å². The largest absolute Gasteiger partial charge is 0.394 e. The molecule has 1 aromatic carbocycles. The van der Waals surface area contributed by atoms with Crippen LogP contribution < -0.4 is 4.72 Å². The molecule has 29 heavy (non-hydrogen) atoms. The molecule has 0 fully saturated rings. The lowest BCUT2D eigenvalue weighted by Gasteiger charge is -2.12. The van der Waals surface area contributed by atoms with E-state index in [1.165, 1.54) is 0 Å². The average Bonchev–Trinajstić information content (AvgIpc) is 3.12. The average molecular weight is 415 g/mol. The highest BCUT2D eigenvalue weighted by molar-refractivity contribution is 7.88. The zero-order chi connectivity index (χ0) is 20.9. The Morgan fingerprint density at radius 2 is 1.79 bits per heavy atom. The lowest BCUT2D eigenvalue weighted by atomic mass is 10.0. The maximum atomic E-state index is 12.3. The molecule has 0 aliphatic carbocycles. The number of hydrogen-bond donors (Lipinski definition) is 2. The molecule has 8 heteroatoms. The topological polar surface area (TPSA) is 97.1 Å². The van der Waals surface area contributed by atoms with Gasteiger partial charge in [-0.15, -0.1) is 0 Å². The van der Waals surface area contributed by atoms with Crippen molar-refractivity contribution in [1.82, 2.24) is 19.5 Å². The highest BCUT2D eigenvalue weighted by Gasteiger charge is 2.16. The number of nitrogens with one attached hydrogen (secondary N) is 1. The zero-order valence-corrected chi connectivity index (χ0v) is 17.4. The Labute approximate surface area is 171 Å². The van der Waals surface area contributed by atoms with Crippen molar-refractivity contribution in [2.75, 3.05) is 6.61 Å². The molecule has 2 aromatic heterocycles. The molecule has 0 bridgehead atoms. The van der Waals surface area contributed by atoms with Crippen molar-refractivity contribution >= 4 is 10.0 Å². The number of rotatable bonds is 9. The van der Waals surface area contributed by atoms with Gasteiger partial charge in [-0.1, -0.05) is 31.2 Å². The molecule has 0 radical (unpaired) electrons. The molecule has 2 heterocycles. The number of benzene rings is 1. The quantitative estimate of drug-likeness (QED) is 0.561. The second-order valence-electron chi connectivity index (χ2n) is 7.00. The minimum Gasteiger partial charge on any atom is -0.394 e. The second kappa shape index (κ2) is 9.30. The van der Waals surface area contributed by atoms with Gasteiger partial charge in [0.05, 0.1) is 18.9 Å². The van der Waals surface area contributed by atoms with Crippen LogP contribution in [-0.2, 0) is 22.3 Å². The van der Waals surface area contributed by atoms with Gasteiger partial charge in [0.2, 0.25) is 10.0 Å². The Morgan fingerprint density at radius 3 is 2.41 bits per heavy atom. The molecule has 1 atom stereocenters. The van der Waals surface area contributed by atoms with E-state index in [2.05, 4.69) is 14.8 Å². The highest BCUT2D eigenvalue weighted by atomic mass is 32.2. The van der Waals surface area contributed by atoms with Crippen molar-refractivity contribution in [3.05, 3.63) is 60.6 Å². The molecule has 0 aliphatic rings. The van der Waals surface area contributed by atoms with E-state index in [-0.39, 0.29) is 18.4 Å². The van der Waals surface area contributed by atoms with Crippen molar-refractivity contribution in [3.8, 4) is 22.4 Å².